The van der Waals surface area contributed by atoms with E-state index < -0.39 is 0 Å². The summed E-state index contributed by atoms with van der Waals surface area (Å²) < 4.78 is 0. The van der Waals surface area contributed by atoms with Crippen molar-refractivity contribution in [3.05, 3.63) is 17.8 Å². The van der Waals surface area contributed by atoms with Crippen LogP contribution < -0.4 is 5.32 Å². The fourth-order valence-electron chi connectivity index (χ4n) is 2.51. The summed E-state index contributed by atoms with van der Waals surface area (Å²) in [6.07, 6.45) is 7.63. The first kappa shape index (κ1) is 12.2. The van der Waals surface area contributed by atoms with Crippen molar-refractivity contribution >= 4 is 39.0 Å². The minimum absolute atomic E-state index is 0.205. The Morgan fingerprint density at radius 2 is 2.11 bits per heavy atom. The summed E-state index contributed by atoms with van der Waals surface area (Å²) in [7, 11) is 0. The molecule has 2 aromatic heterocycles. The van der Waals surface area contributed by atoms with Gasteiger partial charge in [0.1, 0.15) is 17.0 Å². The van der Waals surface area contributed by atoms with E-state index in [4.69, 9.17) is 11.6 Å². The number of hydrogen-bond acceptors (Lipinski definition) is 4. The first-order valence-corrected chi connectivity index (χ1v) is 7.75. The fraction of sp³-hybridized carbons (Fsp3) is 0.538. The molecule has 1 aliphatic rings. The highest BCUT2D eigenvalue weighted by molar-refractivity contribution is 7.16. The molecule has 2 aromatic rings. The molecule has 18 heavy (non-hydrogen) atoms. The minimum atomic E-state index is 0.205. The molecule has 3 rings (SSSR count). The molecule has 2 atom stereocenters. The van der Waals surface area contributed by atoms with E-state index in [0.29, 0.717) is 6.04 Å². The zero-order chi connectivity index (χ0) is 12.4. The zero-order valence-corrected chi connectivity index (χ0v) is 11.7. The van der Waals surface area contributed by atoms with Gasteiger partial charge in [0, 0.05) is 6.04 Å². The van der Waals surface area contributed by atoms with Gasteiger partial charge < -0.3 is 5.32 Å². The molecule has 0 radical (unpaired) electrons. The van der Waals surface area contributed by atoms with Gasteiger partial charge >= 0.3 is 0 Å². The second-order valence-electron chi connectivity index (χ2n) is 4.77. The molecule has 2 unspecified atom stereocenters. The number of alkyl halides is 1. The fourth-order valence-corrected chi connectivity index (χ4v) is 3.58. The Balaban J connectivity index is 1.84. The van der Waals surface area contributed by atoms with E-state index in [9.17, 15) is 0 Å². The summed E-state index contributed by atoms with van der Waals surface area (Å²) >= 11 is 8.10. The summed E-state index contributed by atoms with van der Waals surface area (Å²) in [4.78, 5) is 9.67. The molecule has 1 fully saturated rings. The number of nitrogens with zero attached hydrogens (tertiary/aromatic N) is 2. The number of aromatic nitrogens is 2. The molecule has 0 aromatic carbocycles. The Bertz CT molecular complexity index is 528. The van der Waals surface area contributed by atoms with Crippen molar-refractivity contribution in [2.75, 3.05) is 5.32 Å². The van der Waals surface area contributed by atoms with Gasteiger partial charge in [-0.3, -0.25) is 0 Å². The molecular weight excluding hydrogens is 266 g/mol. The summed E-state index contributed by atoms with van der Waals surface area (Å²) in [5.41, 5.74) is 0. The predicted octanol–water partition coefficient (Wildman–Crippen LogP) is 4.04. The van der Waals surface area contributed by atoms with Gasteiger partial charge in [0.15, 0.2) is 0 Å². The normalized spacial score (nSPS) is 24.9. The number of rotatable bonds is 2. The van der Waals surface area contributed by atoms with Crippen LogP contribution in [0.1, 0.15) is 32.1 Å². The van der Waals surface area contributed by atoms with Crippen molar-refractivity contribution in [2.24, 2.45) is 0 Å². The van der Waals surface area contributed by atoms with Crippen LogP contribution in [0.25, 0.3) is 10.2 Å². The predicted molar refractivity (Wildman–Crippen MR) is 77.6 cm³/mol. The number of fused-ring (bicyclic) bond motifs is 1. The minimum Gasteiger partial charge on any atom is -0.365 e. The lowest BCUT2D eigenvalue weighted by Gasteiger charge is -2.21. The van der Waals surface area contributed by atoms with E-state index in [1.165, 1.54) is 19.3 Å². The summed E-state index contributed by atoms with van der Waals surface area (Å²) in [6, 6.07) is 2.40. The van der Waals surface area contributed by atoms with Crippen molar-refractivity contribution in [1.29, 1.82) is 0 Å². The SMILES string of the molecule is ClC1CCCCCC1Nc1ncnc2sccc12. The molecule has 0 saturated heterocycles. The molecule has 3 nitrogen and oxygen atoms in total. The summed E-state index contributed by atoms with van der Waals surface area (Å²) in [5.74, 6) is 0.929. The first-order chi connectivity index (χ1) is 8.84. The van der Waals surface area contributed by atoms with E-state index in [2.05, 4.69) is 26.7 Å². The molecule has 0 bridgehead atoms. The van der Waals surface area contributed by atoms with E-state index in [1.54, 1.807) is 17.7 Å². The lowest BCUT2D eigenvalue weighted by atomic mass is 10.1. The standard InChI is InChI=1S/C13H16ClN3S/c14-10-4-2-1-3-5-11(10)17-12-9-6-7-18-13(9)16-8-15-12/h6-8,10-11H,1-5H2,(H,15,16,17). The van der Waals surface area contributed by atoms with Crippen molar-refractivity contribution in [1.82, 2.24) is 9.97 Å². The van der Waals surface area contributed by atoms with E-state index >= 15 is 0 Å². The Hall–Kier alpha value is -0.870. The molecule has 1 saturated carbocycles. The monoisotopic (exact) mass is 281 g/mol. The van der Waals surface area contributed by atoms with Crippen LogP contribution >= 0.6 is 22.9 Å². The van der Waals surface area contributed by atoms with Gasteiger partial charge in [-0.1, -0.05) is 19.3 Å². The highest BCUT2D eigenvalue weighted by Crippen LogP contribution is 2.28. The summed E-state index contributed by atoms with van der Waals surface area (Å²) in [6.45, 7) is 0. The average molecular weight is 282 g/mol. The topological polar surface area (TPSA) is 37.8 Å². The Labute approximate surface area is 116 Å². The molecule has 0 aliphatic heterocycles. The quantitative estimate of drug-likeness (QED) is 0.667. The molecule has 96 valence electrons. The van der Waals surface area contributed by atoms with Crippen LogP contribution in [-0.4, -0.2) is 21.4 Å². The lowest BCUT2D eigenvalue weighted by molar-refractivity contribution is 0.625. The molecular formula is C13H16ClN3S. The maximum absolute atomic E-state index is 6.46. The van der Waals surface area contributed by atoms with Crippen LogP contribution in [0, 0.1) is 0 Å². The molecule has 2 heterocycles. The Kier molecular flexibility index (Phi) is 3.66. The van der Waals surface area contributed by atoms with Crippen LogP contribution in [0.4, 0.5) is 5.82 Å². The van der Waals surface area contributed by atoms with Gasteiger partial charge in [-0.2, -0.15) is 0 Å². The van der Waals surface area contributed by atoms with Crippen LogP contribution in [0.15, 0.2) is 17.8 Å². The van der Waals surface area contributed by atoms with Crippen molar-refractivity contribution in [2.45, 2.75) is 43.5 Å². The van der Waals surface area contributed by atoms with Gasteiger partial charge in [-0.25, -0.2) is 9.97 Å². The number of hydrogen-bond donors (Lipinski definition) is 1. The van der Waals surface area contributed by atoms with Crippen LogP contribution in [0.2, 0.25) is 0 Å². The second kappa shape index (κ2) is 5.41. The maximum Gasteiger partial charge on any atom is 0.138 e. The van der Waals surface area contributed by atoms with Crippen molar-refractivity contribution in [3.8, 4) is 0 Å². The molecule has 0 amide bonds. The van der Waals surface area contributed by atoms with Gasteiger partial charge in [0.25, 0.3) is 0 Å². The lowest BCUT2D eigenvalue weighted by Crippen LogP contribution is -2.29. The van der Waals surface area contributed by atoms with Gasteiger partial charge in [-0.15, -0.1) is 22.9 Å². The van der Waals surface area contributed by atoms with Crippen LogP contribution in [0.5, 0.6) is 0 Å². The molecule has 0 spiro atoms. The van der Waals surface area contributed by atoms with Crippen molar-refractivity contribution < 1.29 is 0 Å². The molecule has 5 heteroatoms. The third-order valence-electron chi connectivity index (χ3n) is 3.52. The highest BCUT2D eigenvalue weighted by atomic mass is 35.5. The first-order valence-electron chi connectivity index (χ1n) is 6.43. The van der Waals surface area contributed by atoms with E-state index in [-0.39, 0.29) is 5.38 Å². The second-order valence-corrected chi connectivity index (χ2v) is 6.22. The van der Waals surface area contributed by atoms with Crippen molar-refractivity contribution in [3.63, 3.8) is 0 Å². The number of halogens is 1. The third-order valence-corrected chi connectivity index (χ3v) is 4.86. The summed E-state index contributed by atoms with van der Waals surface area (Å²) in [5, 5.41) is 6.89. The maximum atomic E-state index is 6.46. The number of nitrogens with one attached hydrogen (secondary N) is 1. The zero-order valence-electron chi connectivity index (χ0n) is 10.1. The van der Waals surface area contributed by atoms with E-state index in [1.807, 2.05) is 0 Å². The van der Waals surface area contributed by atoms with Gasteiger partial charge in [0.05, 0.1) is 10.8 Å². The van der Waals surface area contributed by atoms with Crippen LogP contribution in [0.3, 0.4) is 0 Å². The van der Waals surface area contributed by atoms with Gasteiger partial charge in [-0.05, 0) is 24.3 Å². The number of anilines is 1. The Morgan fingerprint density at radius 3 is 3.06 bits per heavy atom. The van der Waals surface area contributed by atoms with E-state index in [0.717, 1.165) is 28.9 Å². The third kappa shape index (κ3) is 2.45. The molecule has 1 aliphatic carbocycles. The average Bonchev–Trinajstić information content (AvgIpc) is 2.77. The Morgan fingerprint density at radius 1 is 1.22 bits per heavy atom. The number of thiophene rings is 1. The largest absolute Gasteiger partial charge is 0.365 e. The smallest absolute Gasteiger partial charge is 0.138 e. The molecule has 1 N–H and O–H groups in total. The van der Waals surface area contributed by atoms with Gasteiger partial charge in [0.2, 0.25) is 0 Å². The highest BCUT2D eigenvalue weighted by Gasteiger charge is 2.22. The van der Waals surface area contributed by atoms with Crippen LogP contribution in [-0.2, 0) is 0 Å².